The van der Waals surface area contributed by atoms with Crippen molar-refractivity contribution < 1.29 is 17.9 Å². The maximum absolute atomic E-state index is 12.7. The predicted molar refractivity (Wildman–Crippen MR) is 71.0 cm³/mol. The number of nitrogens with zero attached hydrogens (tertiary/aromatic N) is 1. The lowest BCUT2D eigenvalue weighted by Gasteiger charge is -2.12. The van der Waals surface area contributed by atoms with Gasteiger partial charge in [0.1, 0.15) is 10.4 Å². The van der Waals surface area contributed by atoms with Crippen LogP contribution in [0.2, 0.25) is 0 Å². The molecule has 2 aromatic rings. The highest BCUT2D eigenvalue weighted by Crippen LogP contribution is 2.31. The Kier molecular flexibility index (Phi) is 4.08. The molecule has 1 N–H and O–H groups in total. The Labute approximate surface area is 118 Å². The minimum atomic E-state index is -4.58. The van der Waals surface area contributed by atoms with Gasteiger partial charge in [0.15, 0.2) is 0 Å². The SMILES string of the molecule is CCOc1ccccc1-c1cc(=S)nc(C(F)(F)F)[nH]1. The monoisotopic (exact) mass is 300 g/mol. The van der Waals surface area contributed by atoms with Gasteiger partial charge in [-0.2, -0.15) is 13.2 Å². The van der Waals surface area contributed by atoms with E-state index < -0.39 is 12.0 Å². The average Bonchev–Trinajstić information content (AvgIpc) is 2.38. The highest BCUT2D eigenvalue weighted by Gasteiger charge is 2.34. The van der Waals surface area contributed by atoms with Gasteiger partial charge in [-0.25, -0.2) is 4.98 Å². The number of nitrogens with one attached hydrogen (secondary N) is 1. The Morgan fingerprint density at radius 3 is 2.65 bits per heavy atom. The Morgan fingerprint density at radius 2 is 2.00 bits per heavy atom. The number of alkyl halides is 3. The first-order chi connectivity index (χ1) is 9.41. The molecule has 0 saturated carbocycles. The van der Waals surface area contributed by atoms with E-state index in [1.807, 2.05) is 0 Å². The van der Waals surface area contributed by atoms with E-state index in [2.05, 4.69) is 9.97 Å². The number of aromatic nitrogens is 2. The van der Waals surface area contributed by atoms with Gasteiger partial charge in [-0.15, -0.1) is 0 Å². The Hall–Kier alpha value is -1.89. The fraction of sp³-hybridized carbons (Fsp3) is 0.231. The molecule has 0 radical (unpaired) electrons. The second kappa shape index (κ2) is 5.62. The van der Waals surface area contributed by atoms with Crippen LogP contribution >= 0.6 is 12.2 Å². The second-order valence-corrected chi connectivity index (χ2v) is 4.33. The normalized spacial score (nSPS) is 11.4. The van der Waals surface area contributed by atoms with Gasteiger partial charge >= 0.3 is 6.18 Å². The molecule has 0 aliphatic heterocycles. The predicted octanol–water partition coefficient (Wildman–Crippen LogP) is 4.22. The van der Waals surface area contributed by atoms with Crippen LogP contribution in [0.5, 0.6) is 5.75 Å². The summed E-state index contributed by atoms with van der Waals surface area (Å²) in [6, 6.07) is 8.18. The van der Waals surface area contributed by atoms with Crippen molar-refractivity contribution in [3.8, 4) is 17.0 Å². The van der Waals surface area contributed by atoms with Crippen LogP contribution in [-0.2, 0) is 6.18 Å². The summed E-state index contributed by atoms with van der Waals surface area (Å²) in [5.74, 6) is -0.633. The van der Waals surface area contributed by atoms with E-state index in [0.29, 0.717) is 17.9 Å². The minimum absolute atomic E-state index is 0.127. The van der Waals surface area contributed by atoms with Crippen molar-refractivity contribution in [1.82, 2.24) is 9.97 Å². The molecular formula is C13H11F3N2OS. The molecule has 0 atom stereocenters. The summed E-state index contributed by atoms with van der Waals surface area (Å²) in [6.45, 7) is 2.21. The molecule has 0 aliphatic rings. The highest BCUT2D eigenvalue weighted by molar-refractivity contribution is 7.71. The third-order valence-electron chi connectivity index (χ3n) is 2.49. The average molecular weight is 300 g/mol. The zero-order chi connectivity index (χ0) is 14.8. The van der Waals surface area contributed by atoms with E-state index in [-0.39, 0.29) is 10.3 Å². The summed E-state index contributed by atoms with van der Waals surface area (Å²) in [6.07, 6.45) is -4.58. The number of hydrogen-bond donors (Lipinski definition) is 1. The molecule has 0 amide bonds. The zero-order valence-corrected chi connectivity index (χ0v) is 11.3. The van der Waals surface area contributed by atoms with Crippen LogP contribution in [0.4, 0.5) is 13.2 Å². The van der Waals surface area contributed by atoms with Crippen molar-refractivity contribution >= 4 is 12.2 Å². The largest absolute Gasteiger partial charge is 0.493 e. The number of H-pyrrole nitrogens is 1. The molecule has 106 valence electrons. The van der Waals surface area contributed by atoms with Gasteiger partial charge in [-0.1, -0.05) is 24.4 Å². The van der Waals surface area contributed by atoms with Gasteiger partial charge in [0.25, 0.3) is 0 Å². The molecule has 0 spiro atoms. The Morgan fingerprint density at radius 1 is 1.30 bits per heavy atom. The summed E-state index contributed by atoms with van der Waals surface area (Å²) in [5, 5.41) is 0. The molecule has 7 heteroatoms. The van der Waals surface area contributed by atoms with Gasteiger partial charge in [0.2, 0.25) is 5.82 Å². The van der Waals surface area contributed by atoms with Gasteiger partial charge in [0, 0.05) is 5.56 Å². The van der Waals surface area contributed by atoms with Crippen molar-refractivity contribution in [1.29, 1.82) is 0 Å². The fourth-order valence-electron chi connectivity index (χ4n) is 1.71. The molecule has 0 aliphatic carbocycles. The molecule has 0 fully saturated rings. The van der Waals surface area contributed by atoms with E-state index in [0.717, 1.165) is 0 Å². The van der Waals surface area contributed by atoms with Gasteiger partial charge in [0.05, 0.1) is 12.3 Å². The van der Waals surface area contributed by atoms with E-state index in [1.165, 1.54) is 6.07 Å². The molecular weight excluding hydrogens is 289 g/mol. The minimum Gasteiger partial charge on any atom is -0.493 e. The first-order valence-corrected chi connectivity index (χ1v) is 6.23. The maximum atomic E-state index is 12.7. The quantitative estimate of drug-likeness (QED) is 0.862. The van der Waals surface area contributed by atoms with E-state index in [9.17, 15) is 13.2 Å². The van der Waals surface area contributed by atoms with Gasteiger partial charge in [-0.05, 0) is 25.1 Å². The third-order valence-corrected chi connectivity index (χ3v) is 2.70. The van der Waals surface area contributed by atoms with Gasteiger partial charge < -0.3 is 9.72 Å². The number of halogens is 3. The van der Waals surface area contributed by atoms with Crippen LogP contribution in [0.15, 0.2) is 30.3 Å². The standard InChI is InChI=1S/C13H11F3N2OS/c1-2-19-10-6-4-3-5-8(10)9-7-11(20)18-12(17-9)13(14,15)16/h3-7H,2H2,1H3,(H,17,18,20). The number of aromatic amines is 1. The number of rotatable bonds is 3. The molecule has 3 nitrogen and oxygen atoms in total. The molecule has 0 unspecified atom stereocenters. The first-order valence-electron chi connectivity index (χ1n) is 5.82. The molecule has 1 aromatic carbocycles. The molecule has 2 rings (SSSR count). The summed E-state index contributed by atoms with van der Waals surface area (Å²) in [7, 11) is 0. The van der Waals surface area contributed by atoms with E-state index in [1.54, 1.807) is 31.2 Å². The summed E-state index contributed by atoms with van der Waals surface area (Å²) in [5.41, 5.74) is 0.731. The zero-order valence-electron chi connectivity index (χ0n) is 10.5. The molecule has 20 heavy (non-hydrogen) atoms. The van der Waals surface area contributed by atoms with E-state index in [4.69, 9.17) is 17.0 Å². The maximum Gasteiger partial charge on any atom is 0.449 e. The smallest absolute Gasteiger partial charge is 0.449 e. The summed E-state index contributed by atoms with van der Waals surface area (Å²) >= 11 is 4.79. The van der Waals surface area contributed by atoms with Crippen LogP contribution in [0.3, 0.4) is 0 Å². The first kappa shape index (κ1) is 14.5. The van der Waals surface area contributed by atoms with Crippen LogP contribution in [0, 0.1) is 4.64 Å². The van der Waals surface area contributed by atoms with E-state index >= 15 is 0 Å². The van der Waals surface area contributed by atoms with Crippen LogP contribution in [0.1, 0.15) is 12.7 Å². The van der Waals surface area contributed by atoms with Crippen LogP contribution in [-0.4, -0.2) is 16.6 Å². The van der Waals surface area contributed by atoms with Crippen molar-refractivity contribution in [3.05, 3.63) is 40.8 Å². The highest BCUT2D eigenvalue weighted by atomic mass is 32.1. The van der Waals surface area contributed by atoms with Gasteiger partial charge in [-0.3, -0.25) is 0 Å². The lowest BCUT2D eigenvalue weighted by Crippen LogP contribution is -2.11. The second-order valence-electron chi connectivity index (χ2n) is 3.91. The van der Waals surface area contributed by atoms with Crippen molar-refractivity contribution in [3.63, 3.8) is 0 Å². The number of ether oxygens (including phenoxy) is 1. The summed E-state index contributed by atoms with van der Waals surface area (Å²) in [4.78, 5) is 5.56. The lowest BCUT2D eigenvalue weighted by atomic mass is 10.1. The molecule has 1 heterocycles. The third kappa shape index (κ3) is 3.16. The van der Waals surface area contributed by atoms with Crippen molar-refractivity contribution in [2.45, 2.75) is 13.1 Å². The fourth-order valence-corrected chi connectivity index (χ4v) is 1.92. The molecule has 0 bridgehead atoms. The van der Waals surface area contributed by atoms with Crippen molar-refractivity contribution in [2.75, 3.05) is 6.61 Å². The van der Waals surface area contributed by atoms with Crippen LogP contribution in [0.25, 0.3) is 11.3 Å². The van der Waals surface area contributed by atoms with Crippen LogP contribution < -0.4 is 4.74 Å². The summed E-state index contributed by atoms with van der Waals surface area (Å²) < 4.78 is 43.5. The number of benzene rings is 1. The topological polar surface area (TPSA) is 37.9 Å². The number of para-hydroxylation sites is 1. The molecule has 1 aromatic heterocycles. The lowest BCUT2D eigenvalue weighted by molar-refractivity contribution is -0.145. The molecule has 0 saturated heterocycles. The number of hydrogen-bond acceptors (Lipinski definition) is 3. The Bertz CT molecular complexity index is 667. The van der Waals surface area contributed by atoms with Crippen molar-refractivity contribution in [2.24, 2.45) is 0 Å². The Balaban J connectivity index is 2.59.